The highest BCUT2D eigenvalue weighted by atomic mass is 19.1. The van der Waals surface area contributed by atoms with E-state index in [-0.39, 0.29) is 17.5 Å². The topological polar surface area (TPSA) is 85.3 Å². The number of halogens is 1. The van der Waals surface area contributed by atoms with E-state index >= 15 is 0 Å². The van der Waals surface area contributed by atoms with E-state index in [0.717, 1.165) is 5.56 Å². The summed E-state index contributed by atoms with van der Waals surface area (Å²) in [5.41, 5.74) is 1.44. The van der Waals surface area contributed by atoms with Crippen LogP contribution in [0.2, 0.25) is 0 Å². The van der Waals surface area contributed by atoms with Crippen LogP contribution in [0.4, 0.5) is 10.1 Å². The first-order chi connectivity index (χ1) is 12.4. The number of rotatable bonds is 6. The molecule has 0 saturated carbocycles. The van der Waals surface area contributed by atoms with E-state index in [1.807, 2.05) is 24.9 Å². The molecule has 0 unspecified atom stereocenters. The Morgan fingerprint density at radius 3 is 2.62 bits per heavy atom. The molecule has 1 atom stereocenters. The average molecular weight is 356 g/mol. The zero-order valence-corrected chi connectivity index (χ0v) is 14.3. The highest BCUT2D eigenvalue weighted by Crippen LogP contribution is 2.25. The number of non-ortho nitro benzene ring substituents is 1. The highest BCUT2D eigenvalue weighted by Gasteiger charge is 2.19. The van der Waals surface area contributed by atoms with Gasteiger partial charge >= 0.3 is 0 Å². The molecule has 1 heterocycles. The number of nitrogens with zero attached hydrogens (tertiary/aromatic N) is 4. The molecule has 0 aliphatic heterocycles. The molecule has 0 aliphatic rings. The van der Waals surface area contributed by atoms with Gasteiger partial charge in [0.1, 0.15) is 5.82 Å². The van der Waals surface area contributed by atoms with E-state index in [1.165, 1.54) is 24.3 Å². The Balaban J connectivity index is 1.72. The maximum absolute atomic E-state index is 13.3. The summed E-state index contributed by atoms with van der Waals surface area (Å²) >= 11 is 0. The predicted octanol–water partition coefficient (Wildman–Crippen LogP) is 3.98. The van der Waals surface area contributed by atoms with Crippen LogP contribution in [0.5, 0.6) is 0 Å². The van der Waals surface area contributed by atoms with Crippen molar-refractivity contribution in [3.8, 4) is 11.5 Å². The number of hydrogen-bond acceptors (Lipinski definition) is 6. The van der Waals surface area contributed by atoms with Crippen LogP contribution in [-0.4, -0.2) is 27.1 Å². The minimum absolute atomic E-state index is 0.00307. The lowest BCUT2D eigenvalue weighted by Crippen LogP contribution is -2.22. The largest absolute Gasteiger partial charge is 0.419 e. The second-order valence-corrected chi connectivity index (χ2v) is 5.97. The Morgan fingerprint density at radius 2 is 1.96 bits per heavy atom. The summed E-state index contributed by atoms with van der Waals surface area (Å²) in [5, 5.41) is 18.8. The Kier molecular flexibility index (Phi) is 5.04. The first-order valence-electron chi connectivity index (χ1n) is 7.97. The summed E-state index contributed by atoms with van der Waals surface area (Å²) in [7, 11) is 1.88. The van der Waals surface area contributed by atoms with Gasteiger partial charge in [-0.05, 0) is 43.8 Å². The first kappa shape index (κ1) is 17.7. The third-order valence-corrected chi connectivity index (χ3v) is 4.11. The van der Waals surface area contributed by atoms with E-state index in [9.17, 15) is 14.5 Å². The highest BCUT2D eigenvalue weighted by molar-refractivity contribution is 5.55. The van der Waals surface area contributed by atoms with Gasteiger partial charge in [-0.2, -0.15) is 0 Å². The molecule has 0 fully saturated rings. The summed E-state index contributed by atoms with van der Waals surface area (Å²) in [6.07, 6.45) is 0. The zero-order valence-electron chi connectivity index (χ0n) is 14.3. The monoisotopic (exact) mass is 356 g/mol. The second kappa shape index (κ2) is 7.40. The average Bonchev–Trinajstić information content (AvgIpc) is 3.11. The van der Waals surface area contributed by atoms with Crippen molar-refractivity contribution in [2.24, 2.45) is 0 Å². The zero-order chi connectivity index (χ0) is 18.7. The molecule has 3 rings (SSSR count). The normalized spacial score (nSPS) is 12.3. The molecule has 0 N–H and O–H groups in total. The molecule has 8 heteroatoms. The van der Waals surface area contributed by atoms with Crippen molar-refractivity contribution in [3.63, 3.8) is 0 Å². The molecule has 7 nitrogen and oxygen atoms in total. The summed E-state index contributed by atoms with van der Waals surface area (Å²) < 4.78 is 19.0. The molecule has 3 aromatic rings. The Labute approximate surface area is 149 Å². The summed E-state index contributed by atoms with van der Waals surface area (Å²) in [5.74, 6) is 0.431. The molecule has 1 aromatic heterocycles. The number of nitro groups is 1. The predicted molar refractivity (Wildman–Crippen MR) is 92.7 cm³/mol. The van der Waals surface area contributed by atoms with Gasteiger partial charge in [0, 0.05) is 24.2 Å². The lowest BCUT2D eigenvalue weighted by Gasteiger charge is -2.21. The third kappa shape index (κ3) is 3.92. The molecule has 0 bridgehead atoms. The molecule has 0 aliphatic carbocycles. The Bertz CT molecular complexity index is 911. The number of hydrogen-bond donors (Lipinski definition) is 0. The van der Waals surface area contributed by atoms with Crippen molar-refractivity contribution in [2.75, 3.05) is 7.05 Å². The van der Waals surface area contributed by atoms with Crippen LogP contribution in [-0.2, 0) is 6.54 Å². The first-order valence-corrected chi connectivity index (χ1v) is 7.97. The lowest BCUT2D eigenvalue weighted by molar-refractivity contribution is -0.384. The van der Waals surface area contributed by atoms with E-state index in [4.69, 9.17) is 4.42 Å². The van der Waals surface area contributed by atoms with Crippen LogP contribution >= 0.6 is 0 Å². The molecular weight excluding hydrogens is 339 g/mol. The second-order valence-electron chi connectivity index (χ2n) is 5.97. The summed E-state index contributed by atoms with van der Waals surface area (Å²) in [4.78, 5) is 12.2. The fraction of sp³-hybridized carbons (Fsp3) is 0.222. The van der Waals surface area contributed by atoms with Crippen LogP contribution in [0.25, 0.3) is 11.5 Å². The van der Waals surface area contributed by atoms with Crippen molar-refractivity contribution in [3.05, 3.63) is 75.9 Å². The van der Waals surface area contributed by atoms with E-state index in [0.29, 0.717) is 23.9 Å². The van der Waals surface area contributed by atoms with Gasteiger partial charge in [0.05, 0.1) is 11.0 Å². The van der Waals surface area contributed by atoms with Crippen LogP contribution in [0.15, 0.2) is 52.9 Å². The number of benzene rings is 2. The van der Waals surface area contributed by atoms with Crippen molar-refractivity contribution in [1.29, 1.82) is 0 Å². The minimum Gasteiger partial charge on any atom is -0.419 e. The van der Waals surface area contributed by atoms with Crippen LogP contribution in [0.3, 0.4) is 0 Å². The van der Waals surface area contributed by atoms with Gasteiger partial charge in [0.25, 0.3) is 5.69 Å². The molecule has 0 spiro atoms. The van der Waals surface area contributed by atoms with Gasteiger partial charge in [0.2, 0.25) is 11.8 Å². The van der Waals surface area contributed by atoms with Gasteiger partial charge in [-0.25, -0.2) is 4.39 Å². The van der Waals surface area contributed by atoms with E-state index in [1.54, 1.807) is 18.2 Å². The number of nitro benzene ring substituents is 1. The molecule has 134 valence electrons. The van der Waals surface area contributed by atoms with Gasteiger partial charge in [-0.15, -0.1) is 10.2 Å². The quantitative estimate of drug-likeness (QED) is 0.491. The van der Waals surface area contributed by atoms with Crippen LogP contribution < -0.4 is 0 Å². The van der Waals surface area contributed by atoms with Crippen LogP contribution in [0, 0.1) is 15.9 Å². The van der Waals surface area contributed by atoms with Gasteiger partial charge in [0.15, 0.2) is 0 Å². The molecule has 2 aromatic carbocycles. The summed E-state index contributed by atoms with van der Waals surface area (Å²) in [6.45, 7) is 2.43. The van der Waals surface area contributed by atoms with E-state index < -0.39 is 4.92 Å². The van der Waals surface area contributed by atoms with E-state index in [2.05, 4.69) is 10.2 Å². The molecule has 0 radical (unpaired) electrons. The SMILES string of the molecule is C[C@@H](c1nnc(-c2ccc([N+](=O)[O-])cc2)o1)N(C)Cc1cccc(F)c1. The Morgan fingerprint density at radius 1 is 1.23 bits per heavy atom. The third-order valence-electron chi connectivity index (χ3n) is 4.11. The maximum atomic E-state index is 13.3. The lowest BCUT2D eigenvalue weighted by atomic mass is 10.2. The molecule has 26 heavy (non-hydrogen) atoms. The fourth-order valence-corrected chi connectivity index (χ4v) is 2.49. The minimum atomic E-state index is -0.466. The van der Waals surface area contributed by atoms with Crippen molar-refractivity contribution in [2.45, 2.75) is 19.5 Å². The van der Waals surface area contributed by atoms with Gasteiger partial charge < -0.3 is 4.42 Å². The van der Waals surface area contributed by atoms with Crippen molar-refractivity contribution < 1.29 is 13.7 Å². The standard InChI is InChI=1S/C18H17FN4O3/c1-12(22(2)11-13-4-3-5-15(19)10-13)17-20-21-18(26-17)14-6-8-16(9-7-14)23(24)25/h3-10,12H,11H2,1-2H3/t12-/m0/s1. The van der Waals surface area contributed by atoms with Crippen molar-refractivity contribution >= 4 is 5.69 Å². The summed E-state index contributed by atoms with van der Waals surface area (Å²) in [6, 6.07) is 12.1. The number of aromatic nitrogens is 2. The van der Waals surface area contributed by atoms with Gasteiger partial charge in [-0.3, -0.25) is 15.0 Å². The van der Waals surface area contributed by atoms with Gasteiger partial charge in [-0.1, -0.05) is 12.1 Å². The molecular formula is C18H17FN4O3. The Hall–Kier alpha value is -3.13. The van der Waals surface area contributed by atoms with Crippen molar-refractivity contribution in [1.82, 2.24) is 15.1 Å². The van der Waals surface area contributed by atoms with Crippen LogP contribution in [0.1, 0.15) is 24.4 Å². The smallest absolute Gasteiger partial charge is 0.269 e. The molecule has 0 saturated heterocycles. The molecule has 0 amide bonds. The fourth-order valence-electron chi connectivity index (χ4n) is 2.49. The maximum Gasteiger partial charge on any atom is 0.269 e.